The van der Waals surface area contributed by atoms with Crippen molar-refractivity contribution in [3.63, 3.8) is 0 Å². The van der Waals surface area contributed by atoms with Gasteiger partial charge in [0.1, 0.15) is 17.0 Å². The summed E-state index contributed by atoms with van der Waals surface area (Å²) >= 11 is 1.25. The van der Waals surface area contributed by atoms with Gasteiger partial charge in [0.25, 0.3) is 0 Å². The maximum absolute atomic E-state index is 13.4. The summed E-state index contributed by atoms with van der Waals surface area (Å²) in [5.74, 6) is 0.611. The molecule has 0 radical (unpaired) electrons. The fourth-order valence-electron chi connectivity index (χ4n) is 4.55. The summed E-state index contributed by atoms with van der Waals surface area (Å²) < 4.78 is 6.24. The molecule has 1 aromatic heterocycles. The van der Waals surface area contributed by atoms with Crippen LogP contribution < -0.4 is 15.0 Å². The van der Waals surface area contributed by atoms with Gasteiger partial charge in [-0.2, -0.15) is 0 Å². The van der Waals surface area contributed by atoms with E-state index >= 15 is 0 Å². The number of hydrogen-bond donors (Lipinski definition) is 2. The molecule has 2 N–H and O–H groups in total. The Balaban J connectivity index is 1.54. The van der Waals surface area contributed by atoms with Crippen LogP contribution in [0.1, 0.15) is 36.5 Å². The molecule has 4 aromatic rings. The number of benzene rings is 3. The van der Waals surface area contributed by atoms with E-state index in [0.717, 1.165) is 16.7 Å². The molecular formula is C27H24N4O4S. The molecule has 1 aliphatic heterocycles. The minimum Gasteiger partial charge on any atom is -0.465 e. The second-order valence-electron chi connectivity index (χ2n) is 9.07. The smallest absolute Gasteiger partial charge is 0.412 e. The monoisotopic (exact) mass is 500 g/mol. The van der Waals surface area contributed by atoms with Crippen molar-refractivity contribution in [3.8, 4) is 11.5 Å². The molecular weight excluding hydrogens is 476 g/mol. The number of nitrogens with zero attached hydrogens (tertiary/aromatic N) is 3. The van der Waals surface area contributed by atoms with Gasteiger partial charge in [0.05, 0.1) is 17.6 Å². The SMILES string of the molecule is CC(C)(C(=O)Nc1nncs1)[C@H]1c2ccccc2Oc2cc(N(Cc3ccccc3)C(=O)O)ccc21. The predicted molar refractivity (Wildman–Crippen MR) is 138 cm³/mol. The molecule has 2 amide bonds. The van der Waals surface area contributed by atoms with Crippen molar-refractivity contribution in [3.05, 3.63) is 95.0 Å². The number of amides is 2. The summed E-state index contributed by atoms with van der Waals surface area (Å²) in [4.78, 5) is 26.9. The van der Waals surface area contributed by atoms with Crippen molar-refractivity contribution >= 4 is 34.2 Å². The molecule has 0 fully saturated rings. The van der Waals surface area contributed by atoms with Crippen LogP contribution in [0.15, 0.2) is 78.3 Å². The topological polar surface area (TPSA) is 105 Å². The van der Waals surface area contributed by atoms with Gasteiger partial charge in [0.2, 0.25) is 11.0 Å². The van der Waals surface area contributed by atoms with E-state index in [1.54, 1.807) is 17.6 Å². The molecule has 2 heterocycles. The van der Waals surface area contributed by atoms with Crippen molar-refractivity contribution in [1.29, 1.82) is 0 Å². The van der Waals surface area contributed by atoms with E-state index in [1.807, 2.05) is 74.5 Å². The highest BCUT2D eigenvalue weighted by atomic mass is 32.1. The maximum Gasteiger partial charge on any atom is 0.412 e. The summed E-state index contributed by atoms with van der Waals surface area (Å²) in [6.45, 7) is 3.96. The lowest BCUT2D eigenvalue weighted by Crippen LogP contribution is -2.38. The Bertz CT molecular complexity index is 1410. The molecule has 5 rings (SSSR count). The third-order valence-electron chi connectivity index (χ3n) is 6.37. The van der Waals surface area contributed by atoms with E-state index in [-0.39, 0.29) is 18.4 Å². The van der Waals surface area contributed by atoms with Crippen molar-refractivity contribution in [2.45, 2.75) is 26.3 Å². The quantitative estimate of drug-likeness (QED) is 0.330. The second kappa shape index (κ2) is 9.43. The summed E-state index contributed by atoms with van der Waals surface area (Å²) in [5, 5.41) is 21.0. The zero-order chi connectivity index (χ0) is 25.3. The molecule has 0 unspecified atom stereocenters. The highest BCUT2D eigenvalue weighted by molar-refractivity contribution is 7.13. The summed E-state index contributed by atoms with van der Waals surface area (Å²) in [5.41, 5.74) is 3.72. The lowest BCUT2D eigenvalue weighted by Gasteiger charge is -2.38. The van der Waals surface area contributed by atoms with Crippen LogP contribution >= 0.6 is 11.3 Å². The fourth-order valence-corrected chi connectivity index (χ4v) is 4.99. The van der Waals surface area contributed by atoms with Gasteiger partial charge in [-0.3, -0.25) is 9.69 Å². The second-order valence-corrected chi connectivity index (χ2v) is 9.90. The largest absolute Gasteiger partial charge is 0.465 e. The van der Waals surface area contributed by atoms with Gasteiger partial charge in [0, 0.05) is 23.1 Å². The molecule has 3 aromatic carbocycles. The van der Waals surface area contributed by atoms with E-state index in [2.05, 4.69) is 15.5 Å². The molecule has 0 saturated carbocycles. The highest BCUT2D eigenvalue weighted by Crippen LogP contribution is 2.52. The van der Waals surface area contributed by atoms with Gasteiger partial charge in [-0.1, -0.05) is 79.8 Å². The van der Waals surface area contributed by atoms with Crippen molar-refractivity contribution < 1.29 is 19.4 Å². The van der Waals surface area contributed by atoms with Crippen LogP contribution in [0.3, 0.4) is 0 Å². The number of nitrogens with one attached hydrogen (secondary N) is 1. The van der Waals surface area contributed by atoms with Crippen LogP contribution in [-0.4, -0.2) is 27.3 Å². The van der Waals surface area contributed by atoms with Crippen LogP contribution in [-0.2, 0) is 11.3 Å². The van der Waals surface area contributed by atoms with Gasteiger partial charge in [0.15, 0.2) is 0 Å². The van der Waals surface area contributed by atoms with Crippen LogP contribution in [0.2, 0.25) is 0 Å². The van der Waals surface area contributed by atoms with Gasteiger partial charge >= 0.3 is 6.09 Å². The van der Waals surface area contributed by atoms with E-state index in [4.69, 9.17) is 4.74 Å². The van der Waals surface area contributed by atoms with Crippen molar-refractivity contribution in [1.82, 2.24) is 10.2 Å². The average Bonchev–Trinajstić information content (AvgIpc) is 3.39. The lowest BCUT2D eigenvalue weighted by atomic mass is 9.69. The molecule has 182 valence electrons. The molecule has 1 atom stereocenters. The summed E-state index contributed by atoms with van der Waals surface area (Å²) in [6, 6.07) is 22.4. The number of para-hydroxylation sites is 1. The molecule has 0 aliphatic carbocycles. The van der Waals surface area contributed by atoms with Crippen LogP contribution in [0.25, 0.3) is 0 Å². The lowest BCUT2D eigenvalue weighted by molar-refractivity contribution is -0.124. The zero-order valence-corrected chi connectivity index (χ0v) is 20.5. The molecule has 0 bridgehead atoms. The predicted octanol–water partition coefficient (Wildman–Crippen LogP) is 6.13. The maximum atomic E-state index is 13.4. The first-order valence-electron chi connectivity index (χ1n) is 11.4. The summed E-state index contributed by atoms with van der Waals surface area (Å²) in [7, 11) is 0. The number of anilines is 2. The van der Waals surface area contributed by atoms with E-state index in [0.29, 0.717) is 22.3 Å². The normalized spacial score (nSPS) is 14.2. The molecule has 1 aliphatic rings. The van der Waals surface area contributed by atoms with Gasteiger partial charge in [-0.05, 0) is 17.7 Å². The number of carbonyl (C=O) groups excluding carboxylic acids is 1. The number of rotatable bonds is 6. The zero-order valence-electron chi connectivity index (χ0n) is 19.7. The summed E-state index contributed by atoms with van der Waals surface area (Å²) in [6.07, 6.45) is -1.07. The first-order valence-corrected chi connectivity index (χ1v) is 12.3. The molecule has 36 heavy (non-hydrogen) atoms. The average molecular weight is 501 g/mol. The Morgan fingerprint density at radius 1 is 1.03 bits per heavy atom. The third kappa shape index (κ3) is 4.40. The number of hydrogen-bond acceptors (Lipinski definition) is 6. The van der Waals surface area contributed by atoms with E-state index in [9.17, 15) is 14.7 Å². The molecule has 0 saturated heterocycles. The van der Waals surface area contributed by atoms with Gasteiger partial charge in [-0.15, -0.1) is 10.2 Å². The minimum absolute atomic E-state index is 0.199. The van der Waals surface area contributed by atoms with Crippen LogP contribution in [0.4, 0.5) is 15.6 Å². The van der Waals surface area contributed by atoms with E-state index in [1.165, 1.54) is 16.2 Å². The third-order valence-corrected chi connectivity index (χ3v) is 6.98. The molecule has 8 nitrogen and oxygen atoms in total. The fraction of sp³-hybridized carbons (Fsp3) is 0.185. The number of carbonyl (C=O) groups is 2. The number of aromatic nitrogens is 2. The Morgan fingerprint density at radius 3 is 2.47 bits per heavy atom. The number of fused-ring (bicyclic) bond motifs is 2. The minimum atomic E-state index is -1.07. The molecule has 0 spiro atoms. The highest BCUT2D eigenvalue weighted by Gasteiger charge is 2.44. The standard InChI is InChI=1S/C27H24N4O4S/c1-27(2,24(32)29-25-30-28-16-36-25)23-19-10-6-7-11-21(19)35-22-14-18(12-13-20(22)23)31(26(33)34)15-17-8-4-3-5-9-17/h3-14,16,23H,15H2,1-2H3,(H,33,34)(H,29,30,32)/t23-/m0/s1. The first-order chi connectivity index (χ1) is 17.3. The Labute approximate surface area is 212 Å². The Hall–Kier alpha value is -4.24. The van der Waals surface area contributed by atoms with Crippen LogP contribution in [0.5, 0.6) is 11.5 Å². The number of carboxylic acid groups (broad SMARTS) is 1. The molecule has 9 heteroatoms. The van der Waals surface area contributed by atoms with Gasteiger partial charge < -0.3 is 15.2 Å². The van der Waals surface area contributed by atoms with Crippen LogP contribution in [0, 0.1) is 5.41 Å². The Morgan fingerprint density at radius 2 is 1.75 bits per heavy atom. The van der Waals surface area contributed by atoms with Crippen molar-refractivity contribution in [2.24, 2.45) is 5.41 Å². The van der Waals surface area contributed by atoms with Gasteiger partial charge in [-0.25, -0.2) is 4.79 Å². The van der Waals surface area contributed by atoms with E-state index < -0.39 is 11.5 Å². The Kier molecular flexibility index (Phi) is 6.15. The first kappa shape index (κ1) is 23.5. The number of ether oxygens (including phenoxy) is 1. The van der Waals surface area contributed by atoms with Crippen molar-refractivity contribution in [2.75, 3.05) is 10.2 Å².